The number of hydrogen-bond donors (Lipinski definition) is 2. The van der Waals surface area contributed by atoms with Gasteiger partial charge in [0.25, 0.3) is 0 Å². The van der Waals surface area contributed by atoms with Gasteiger partial charge < -0.3 is 15.3 Å². The molecule has 1 aromatic carbocycles. The molecule has 2 amide bonds. The minimum atomic E-state index is -0.945. The van der Waals surface area contributed by atoms with Crippen LogP contribution in [0.4, 0.5) is 10.5 Å². The number of anilines is 1. The number of para-hydroxylation sites is 1. The highest BCUT2D eigenvalue weighted by atomic mass is 79.9. The predicted molar refractivity (Wildman–Crippen MR) is 79.7 cm³/mol. The number of carbonyl (C=O) groups is 2. The molecule has 2 N–H and O–H groups in total. The molecule has 0 spiro atoms. The molecular weight excluding hydrogens is 324 g/mol. The maximum absolute atomic E-state index is 12.3. The fourth-order valence-electron chi connectivity index (χ4n) is 2.54. The van der Waals surface area contributed by atoms with Crippen molar-refractivity contribution >= 4 is 33.6 Å². The second-order valence-corrected chi connectivity index (χ2v) is 5.86. The van der Waals surface area contributed by atoms with Crippen molar-refractivity contribution in [3.63, 3.8) is 0 Å². The fourth-order valence-corrected chi connectivity index (χ4v) is 2.93. The summed E-state index contributed by atoms with van der Waals surface area (Å²) in [6, 6.07) is 6.13. The Hall–Kier alpha value is -1.56. The zero-order valence-electron chi connectivity index (χ0n) is 11.2. The minimum absolute atomic E-state index is 0.0359. The van der Waals surface area contributed by atoms with Gasteiger partial charge in [0, 0.05) is 11.0 Å². The number of halogens is 1. The van der Waals surface area contributed by atoms with Crippen molar-refractivity contribution in [3.05, 3.63) is 28.7 Å². The summed E-state index contributed by atoms with van der Waals surface area (Å²) in [4.78, 5) is 25.1. The largest absolute Gasteiger partial charge is 0.480 e. The van der Waals surface area contributed by atoms with Crippen LogP contribution in [0.2, 0.25) is 0 Å². The lowest BCUT2D eigenvalue weighted by Gasteiger charge is -2.37. The van der Waals surface area contributed by atoms with E-state index in [0.717, 1.165) is 17.3 Å². The number of urea groups is 1. The van der Waals surface area contributed by atoms with Crippen LogP contribution in [0.1, 0.15) is 19.8 Å². The molecule has 2 unspecified atom stereocenters. The van der Waals surface area contributed by atoms with E-state index in [2.05, 4.69) is 21.2 Å². The van der Waals surface area contributed by atoms with E-state index in [0.29, 0.717) is 12.2 Å². The molecule has 0 aromatic heterocycles. The lowest BCUT2D eigenvalue weighted by molar-refractivity contribution is -0.145. The van der Waals surface area contributed by atoms with Crippen molar-refractivity contribution in [2.75, 3.05) is 11.9 Å². The van der Waals surface area contributed by atoms with E-state index in [1.54, 1.807) is 6.07 Å². The van der Waals surface area contributed by atoms with Gasteiger partial charge in [0.1, 0.15) is 6.04 Å². The number of likely N-dealkylation sites (tertiary alicyclic amines) is 1. The van der Waals surface area contributed by atoms with Crippen LogP contribution in [-0.2, 0) is 4.79 Å². The number of carbonyl (C=O) groups excluding carboxylic acids is 1. The molecule has 1 aliphatic heterocycles. The number of nitrogens with zero attached hydrogens (tertiary/aromatic N) is 1. The smallest absolute Gasteiger partial charge is 0.326 e. The third-order valence-corrected chi connectivity index (χ3v) is 4.25. The van der Waals surface area contributed by atoms with E-state index in [4.69, 9.17) is 0 Å². The Balaban J connectivity index is 2.15. The average molecular weight is 341 g/mol. The molecule has 20 heavy (non-hydrogen) atoms. The number of aliphatic carboxylic acids is 1. The van der Waals surface area contributed by atoms with E-state index in [-0.39, 0.29) is 11.9 Å². The predicted octanol–water partition coefficient (Wildman–Crippen LogP) is 3.17. The number of piperidine rings is 1. The van der Waals surface area contributed by atoms with Crippen LogP contribution in [0, 0.1) is 5.92 Å². The summed E-state index contributed by atoms with van der Waals surface area (Å²) in [5, 5.41) is 12.1. The topological polar surface area (TPSA) is 69.6 Å². The van der Waals surface area contributed by atoms with Crippen LogP contribution < -0.4 is 5.32 Å². The number of carboxylic acid groups (broad SMARTS) is 1. The summed E-state index contributed by atoms with van der Waals surface area (Å²) in [6.45, 7) is 2.34. The Kier molecular flexibility index (Phi) is 4.65. The molecule has 5 nitrogen and oxygen atoms in total. The number of nitrogens with one attached hydrogen (secondary N) is 1. The van der Waals surface area contributed by atoms with Gasteiger partial charge in [0.05, 0.1) is 5.69 Å². The van der Waals surface area contributed by atoms with Gasteiger partial charge in [-0.2, -0.15) is 0 Å². The van der Waals surface area contributed by atoms with E-state index in [9.17, 15) is 14.7 Å². The van der Waals surface area contributed by atoms with E-state index >= 15 is 0 Å². The quantitative estimate of drug-likeness (QED) is 0.868. The Bertz CT molecular complexity index is 521. The highest BCUT2D eigenvalue weighted by molar-refractivity contribution is 9.10. The molecule has 0 radical (unpaired) electrons. The van der Waals surface area contributed by atoms with Crippen LogP contribution in [0.3, 0.4) is 0 Å². The molecule has 0 bridgehead atoms. The van der Waals surface area contributed by atoms with Crippen molar-refractivity contribution in [3.8, 4) is 0 Å². The van der Waals surface area contributed by atoms with Gasteiger partial charge >= 0.3 is 12.0 Å². The summed E-state index contributed by atoms with van der Waals surface area (Å²) in [5.41, 5.74) is 0.639. The molecule has 1 aliphatic rings. The monoisotopic (exact) mass is 340 g/mol. The molecule has 2 atom stereocenters. The van der Waals surface area contributed by atoms with Gasteiger partial charge in [-0.1, -0.05) is 19.1 Å². The number of amides is 2. The van der Waals surface area contributed by atoms with Gasteiger partial charge in [-0.15, -0.1) is 0 Å². The van der Waals surface area contributed by atoms with Crippen molar-refractivity contribution < 1.29 is 14.7 Å². The van der Waals surface area contributed by atoms with Crippen LogP contribution in [0.5, 0.6) is 0 Å². The Morgan fingerprint density at radius 1 is 1.40 bits per heavy atom. The van der Waals surface area contributed by atoms with Crippen molar-refractivity contribution in [1.82, 2.24) is 4.90 Å². The normalized spacial score (nSPS) is 22.4. The van der Waals surface area contributed by atoms with Crippen LogP contribution in [0.15, 0.2) is 28.7 Å². The standard InChI is InChI=1S/C14H17BrN2O3/c1-9-5-4-8-17(12(9)13(18)19)14(20)16-11-7-3-2-6-10(11)15/h2-3,6-7,9,12H,4-5,8H2,1H3,(H,16,20)(H,18,19). The van der Waals surface area contributed by atoms with Crippen molar-refractivity contribution in [1.29, 1.82) is 0 Å². The molecule has 0 aliphatic carbocycles. The molecule has 2 rings (SSSR count). The molecule has 1 aromatic rings. The summed E-state index contributed by atoms with van der Waals surface area (Å²) < 4.78 is 0.769. The number of carboxylic acids is 1. The van der Waals surface area contributed by atoms with Crippen molar-refractivity contribution in [2.24, 2.45) is 5.92 Å². The van der Waals surface area contributed by atoms with Gasteiger partial charge in [-0.25, -0.2) is 9.59 Å². The molecular formula is C14H17BrN2O3. The molecule has 1 heterocycles. The lowest BCUT2D eigenvalue weighted by atomic mass is 9.91. The Morgan fingerprint density at radius 2 is 2.10 bits per heavy atom. The molecule has 6 heteroatoms. The second-order valence-electron chi connectivity index (χ2n) is 5.01. The fraction of sp³-hybridized carbons (Fsp3) is 0.429. The maximum Gasteiger partial charge on any atom is 0.326 e. The number of hydrogen-bond acceptors (Lipinski definition) is 2. The first kappa shape index (κ1) is 14.8. The Morgan fingerprint density at radius 3 is 2.75 bits per heavy atom. The average Bonchev–Trinajstić information content (AvgIpc) is 2.40. The number of rotatable bonds is 2. The zero-order valence-corrected chi connectivity index (χ0v) is 12.8. The summed E-state index contributed by atoms with van der Waals surface area (Å²) >= 11 is 3.36. The third-order valence-electron chi connectivity index (χ3n) is 3.56. The first-order valence-corrected chi connectivity index (χ1v) is 7.35. The molecule has 108 valence electrons. The first-order chi connectivity index (χ1) is 9.50. The van der Waals surface area contributed by atoms with Gasteiger partial charge in [0.2, 0.25) is 0 Å². The Labute approximate surface area is 126 Å². The molecule has 1 fully saturated rings. The van der Waals surface area contributed by atoms with E-state index < -0.39 is 12.0 Å². The maximum atomic E-state index is 12.3. The third kappa shape index (κ3) is 3.12. The van der Waals surface area contributed by atoms with Crippen LogP contribution in [0.25, 0.3) is 0 Å². The molecule has 1 saturated heterocycles. The lowest BCUT2D eigenvalue weighted by Crippen LogP contribution is -2.53. The summed E-state index contributed by atoms with van der Waals surface area (Å²) in [6.07, 6.45) is 1.66. The summed E-state index contributed by atoms with van der Waals surface area (Å²) in [5.74, 6) is -0.981. The minimum Gasteiger partial charge on any atom is -0.480 e. The van der Waals surface area contributed by atoms with Gasteiger partial charge in [0.15, 0.2) is 0 Å². The SMILES string of the molecule is CC1CCCN(C(=O)Nc2ccccc2Br)C1C(=O)O. The summed E-state index contributed by atoms with van der Waals surface area (Å²) in [7, 11) is 0. The van der Waals surface area contributed by atoms with Gasteiger partial charge in [-0.05, 0) is 46.8 Å². The highest BCUT2D eigenvalue weighted by Crippen LogP contribution is 2.26. The van der Waals surface area contributed by atoms with Crippen molar-refractivity contribution in [2.45, 2.75) is 25.8 Å². The highest BCUT2D eigenvalue weighted by Gasteiger charge is 2.37. The van der Waals surface area contributed by atoms with Crippen LogP contribution in [-0.4, -0.2) is 34.6 Å². The van der Waals surface area contributed by atoms with Crippen LogP contribution >= 0.6 is 15.9 Å². The first-order valence-electron chi connectivity index (χ1n) is 6.55. The molecule has 0 saturated carbocycles. The second kappa shape index (κ2) is 6.26. The van der Waals surface area contributed by atoms with E-state index in [1.807, 2.05) is 25.1 Å². The zero-order chi connectivity index (χ0) is 14.7. The van der Waals surface area contributed by atoms with E-state index in [1.165, 1.54) is 4.90 Å². The van der Waals surface area contributed by atoms with Gasteiger partial charge in [-0.3, -0.25) is 0 Å². The number of benzene rings is 1.